The predicted molar refractivity (Wildman–Crippen MR) is 77.7 cm³/mol. The van der Waals surface area contributed by atoms with E-state index in [4.69, 9.17) is 5.73 Å². The minimum atomic E-state index is -2.28. The molecule has 2 N–H and O–H groups in total. The molecule has 3 nitrogen and oxygen atoms in total. The van der Waals surface area contributed by atoms with Gasteiger partial charge in [-0.15, -0.1) is 11.3 Å². The smallest absolute Gasteiger partial charge is 0.220 e. The van der Waals surface area contributed by atoms with Crippen LogP contribution in [-0.4, -0.2) is 19.3 Å². The number of thiophene rings is 1. The molecule has 0 aliphatic carbocycles. The van der Waals surface area contributed by atoms with Crippen molar-refractivity contribution < 1.29 is 8.42 Å². The molecule has 1 atom stereocenters. The number of hydrogen-bond acceptors (Lipinski definition) is 4. The first kappa shape index (κ1) is 13.3. The van der Waals surface area contributed by atoms with Crippen molar-refractivity contribution in [2.45, 2.75) is 19.9 Å². The largest absolute Gasteiger partial charge is 0.323 e. The molecule has 0 spiro atoms. The van der Waals surface area contributed by atoms with Crippen molar-refractivity contribution in [2.24, 2.45) is 11.7 Å². The lowest BCUT2D eigenvalue weighted by Gasteiger charge is -2.14. The molecule has 0 bridgehead atoms. The topological polar surface area (TPSA) is 60.2 Å². The van der Waals surface area contributed by atoms with E-state index < -0.39 is 16.3 Å². The second kappa shape index (κ2) is 5.22. The summed E-state index contributed by atoms with van der Waals surface area (Å²) in [6.07, 6.45) is 0. The number of hydrogen-bond donors (Lipinski definition) is 1. The van der Waals surface area contributed by atoms with Crippen LogP contribution in [0.2, 0.25) is 0 Å². The molecular weight excluding hydrogens is 266 g/mol. The lowest BCUT2D eigenvalue weighted by atomic mass is 10.0. The molecule has 0 fully saturated rings. The molecule has 1 unspecified atom stereocenters. The van der Waals surface area contributed by atoms with Crippen molar-refractivity contribution in [3.8, 4) is 0 Å². The molecule has 2 rings (SSSR count). The van der Waals surface area contributed by atoms with Crippen molar-refractivity contribution in [2.75, 3.05) is 0 Å². The molecule has 1 aromatic heterocycles. The third-order valence-corrected chi connectivity index (χ3v) is 5.00. The maximum Gasteiger partial charge on any atom is 0.220 e. The van der Waals surface area contributed by atoms with E-state index in [1.807, 2.05) is 44.2 Å². The van der Waals surface area contributed by atoms with E-state index in [1.165, 1.54) is 11.3 Å². The Kier molecular flexibility index (Phi) is 3.85. The van der Waals surface area contributed by atoms with Gasteiger partial charge in [-0.05, 0) is 23.4 Å². The van der Waals surface area contributed by atoms with Gasteiger partial charge in [0.15, 0.2) is 0 Å². The van der Waals surface area contributed by atoms with E-state index in [2.05, 4.69) is 0 Å². The zero-order valence-corrected chi connectivity index (χ0v) is 11.9. The van der Waals surface area contributed by atoms with Crippen LogP contribution in [0.25, 0.3) is 10.1 Å². The van der Waals surface area contributed by atoms with Gasteiger partial charge in [0.05, 0.1) is 0 Å². The Morgan fingerprint density at radius 1 is 1.28 bits per heavy atom. The first-order valence-electron chi connectivity index (χ1n) is 5.71. The Morgan fingerprint density at radius 2 is 1.94 bits per heavy atom. The molecule has 96 valence electrons. The SMILES string of the molecule is CC(C)C(N)C(c1cc2ccccc2s1)=S(=O)=O. The van der Waals surface area contributed by atoms with Gasteiger partial charge in [-0.3, -0.25) is 0 Å². The first-order valence-corrected chi connectivity index (χ1v) is 7.60. The first-order chi connectivity index (χ1) is 8.50. The van der Waals surface area contributed by atoms with Crippen molar-refractivity contribution in [1.82, 2.24) is 0 Å². The Morgan fingerprint density at radius 3 is 2.50 bits per heavy atom. The zero-order chi connectivity index (χ0) is 13.3. The van der Waals surface area contributed by atoms with Crippen LogP contribution < -0.4 is 5.73 Å². The maximum absolute atomic E-state index is 11.4. The fourth-order valence-electron chi connectivity index (χ4n) is 1.76. The van der Waals surface area contributed by atoms with Crippen LogP contribution in [0.5, 0.6) is 0 Å². The van der Waals surface area contributed by atoms with Crippen LogP contribution in [0.15, 0.2) is 30.3 Å². The Balaban J connectivity index is 2.61. The van der Waals surface area contributed by atoms with Crippen LogP contribution in [0.3, 0.4) is 0 Å². The molecule has 18 heavy (non-hydrogen) atoms. The Bertz CT molecular complexity index is 658. The van der Waals surface area contributed by atoms with Crippen LogP contribution in [0.4, 0.5) is 0 Å². The standard InChI is InChI=1S/C13H15NO2S2/c1-8(2)12(14)13(18(15)16)11-7-9-5-3-4-6-10(9)17-11/h3-8,12H,14H2,1-2H3. The quantitative estimate of drug-likeness (QED) is 0.693. The lowest BCUT2D eigenvalue weighted by molar-refractivity contribution is 0.595. The number of nitrogens with two attached hydrogens (primary N) is 1. The van der Waals surface area contributed by atoms with E-state index in [-0.39, 0.29) is 5.92 Å². The average Bonchev–Trinajstić information content (AvgIpc) is 2.71. The fourth-order valence-corrected chi connectivity index (χ4v) is 3.86. The number of benzene rings is 1. The fraction of sp³-hybridized carbons (Fsp3) is 0.308. The van der Waals surface area contributed by atoms with E-state index in [9.17, 15) is 8.42 Å². The summed E-state index contributed by atoms with van der Waals surface area (Å²) in [7, 11) is -2.28. The van der Waals surface area contributed by atoms with Gasteiger partial charge in [0.2, 0.25) is 10.3 Å². The molecule has 0 saturated carbocycles. The average molecular weight is 281 g/mol. The van der Waals surface area contributed by atoms with Gasteiger partial charge < -0.3 is 5.73 Å². The minimum Gasteiger partial charge on any atom is -0.323 e. The van der Waals surface area contributed by atoms with Gasteiger partial charge in [-0.1, -0.05) is 32.0 Å². The molecule has 5 heteroatoms. The number of fused-ring (bicyclic) bond motifs is 1. The monoisotopic (exact) mass is 281 g/mol. The number of rotatable bonds is 3. The van der Waals surface area contributed by atoms with Crippen molar-refractivity contribution >= 4 is 36.6 Å². The third-order valence-electron chi connectivity index (χ3n) is 2.87. The summed E-state index contributed by atoms with van der Waals surface area (Å²) in [6.45, 7) is 3.84. The summed E-state index contributed by atoms with van der Waals surface area (Å²) in [5.74, 6) is 0.0862. The molecule has 0 saturated heterocycles. The maximum atomic E-state index is 11.4. The van der Waals surface area contributed by atoms with Crippen LogP contribution in [-0.2, 0) is 10.3 Å². The van der Waals surface area contributed by atoms with E-state index in [1.54, 1.807) is 0 Å². The summed E-state index contributed by atoms with van der Waals surface area (Å²) in [5, 5.41) is 1.05. The van der Waals surface area contributed by atoms with Crippen molar-refractivity contribution in [1.29, 1.82) is 0 Å². The summed E-state index contributed by atoms with van der Waals surface area (Å²) >= 11 is 1.47. The van der Waals surface area contributed by atoms with Gasteiger partial charge in [0.1, 0.15) is 4.86 Å². The zero-order valence-electron chi connectivity index (χ0n) is 10.3. The third kappa shape index (κ3) is 2.48. The Hall–Kier alpha value is -1.17. The molecular formula is C13H15NO2S2. The Labute approximate surface area is 112 Å². The highest BCUT2D eigenvalue weighted by Gasteiger charge is 2.20. The lowest BCUT2D eigenvalue weighted by Crippen LogP contribution is -2.36. The van der Waals surface area contributed by atoms with E-state index >= 15 is 0 Å². The molecule has 2 aromatic rings. The minimum absolute atomic E-state index is 0.0862. The molecule has 0 radical (unpaired) electrons. The predicted octanol–water partition coefficient (Wildman–Crippen LogP) is 2.28. The summed E-state index contributed by atoms with van der Waals surface area (Å²) in [5.41, 5.74) is 5.99. The summed E-state index contributed by atoms with van der Waals surface area (Å²) in [4.78, 5) is 1.05. The van der Waals surface area contributed by atoms with Gasteiger partial charge in [-0.25, -0.2) is 0 Å². The highest BCUT2D eigenvalue weighted by atomic mass is 32.2. The van der Waals surface area contributed by atoms with Gasteiger partial charge in [0.25, 0.3) is 0 Å². The highest BCUT2D eigenvalue weighted by Crippen LogP contribution is 2.26. The summed E-state index contributed by atoms with van der Waals surface area (Å²) < 4.78 is 23.9. The van der Waals surface area contributed by atoms with Crippen LogP contribution in [0, 0.1) is 5.92 Å². The molecule has 1 aromatic carbocycles. The van der Waals surface area contributed by atoms with E-state index in [0.29, 0.717) is 4.86 Å². The highest BCUT2D eigenvalue weighted by molar-refractivity contribution is 7.74. The molecule has 1 heterocycles. The normalized spacial score (nSPS) is 12.9. The summed E-state index contributed by atoms with van der Waals surface area (Å²) in [6, 6.07) is 9.27. The van der Waals surface area contributed by atoms with Gasteiger partial charge >= 0.3 is 0 Å². The van der Waals surface area contributed by atoms with E-state index in [0.717, 1.165) is 15.0 Å². The molecule has 0 aliphatic heterocycles. The second-order valence-corrected chi connectivity index (χ2v) is 6.51. The van der Waals surface area contributed by atoms with Crippen molar-refractivity contribution in [3.63, 3.8) is 0 Å². The second-order valence-electron chi connectivity index (χ2n) is 4.52. The molecule has 0 aliphatic rings. The molecule has 0 amide bonds. The van der Waals surface area contributed by atoms with Gasteiger partial charge in [-0.2, -0.15) is 8.42 Å². The van der Waals surface area contributed by atoms with Crippen LogP contribution in [0.1, 0.15) is 18.7 Å². The van der Waals surface area contributed by atoms with Gasteiger partial charge in [0, 0.05) is 15.6 Å². The van der Waals surface area contributed by atoms with Crippen molar-refractivity contribution in [3.05, 3.63) is 35.2 Å². The van der Waals surface area contributed by atoms with Crippen LogP contribution >= 0.6 is 11.3 Å².